The molecule has 4 heteroatoms. The molecule has 1 N–H and O–H groups in total. The number of aryl methyl sites for hydroxylation is 1. The summed E-state index contributed by atoms with van der Waals surface area (Å²) in [4.78, 5) is 4.22. The molecule has 5 rings (SSSR count). The fourth-order valence-electron chi connectivity index (χ4n) is 4.99. The highest BCUT2D eigenvalue weighted by Crippen LogP contribution is 2.50. The van der Waals surface area contributed by atoms with E-state index in [-0.39, 0.29) is 0 Å². The smallest absolute Gasteiger partial charge is 0.119 e. The highest BCUT2D eigenvalue weighted by molar-refractivity contribution is 7.99. The molecule has 0 radical (unpaired) electrons. The molecule has 3 nitrogen and oxygen atoms in total. The lowest BCUT2D eigenvalue weighted by molar-refractivity contribution is 0.403. The SMILES string of the molecule is COc1ccc(C=Cc2cc3c4c(c2)[C@@H]2CNCC[C@@H]2N4CCCS3)c(C)c1. The van der Waals surface area contributed by atoms with Gasteiger partial charge in [-0.3, -0.25) is 0 Å². The summed E-state index contributed by atoms with van der Waals surface area (Å²) in [6.07, 6.45) is 7.07. The predicted octanol–water partition coefficient (Wildman–Crippen LogP) is 4.94. The van der Waals surface area contributed by atoms with E-state index in [1.165, 1.54) is 46.7 Å². The monoisotopic (exact) mass is 392 g/mol. The van der Waals surface area contributed by atoms with Crippen LogP contribution in [0, 0.1) is 6.92 Å². The third-order valence-electron chi connectivity index (χ3n) is 6.39. The van der Waals surface area contributed by atoms with E-state index in [4.69, 9.17) is 4.74 Å². The van der Waals surface area contributed by atoms with Crippen molar-refractivity contribution in [3.05, 3.63) is 52.6 Å². The first kappa shape index (κ1) is 18.1. The molecule has 0 saturated carbocycles. The van der Waals surface area contributed by atoms with E-state index in [2.05, 4.69) is 53.6 Å². The summed E-state index contributed by atoms with van der Waals surface area (Å²) < 4.78 is 5.33. The van der Waals surface area contributed by atoms with Gasteiger partial charge in [-0.2, -0.15) is 0 Å². The zero-order chi connectivity index (χ0) is 19.1. The van der Waals surface area contributed by atoms with Crippen molar-refractivity contribution in [2.45, 2.75) is 36.6 Å². The summed E-state index contributed by atoms with van der Waals surface area (Å²) in [5, 5.41) is 3.63. The van der Waals surface area contributed by atoms with Crippen LogP contribution in [0.4, 0.5) is 5.69 Å². The van der Waals surface area contributed by atoms with Gasteiger partial charge in [-0.25, -0.2) is 0 Å². The first-order valence-corrected chi connectivity index (χ1v) is 11.3. The van der Waals surface area contributed by atoms with Crippen molar-refractivity contribution in [3.8, 4) is 5.75 Å². The molecule has 2 aromatic rings. The maximum Gasteiger partial charge on any atom is 0.119 e. The first-order chi connectivity index (χ1) is 13.7. The summed E-state index contributed by atoms with van der Waals surface area (Å²) in [5.41, 5.74) is 6.92. The number of ether oxygens (including phenoxy) is 1. The molecule has 146 valence electrons. The number of fused-ring (bicyclic) bond motifs is 3. The number of piperidine rings is 1. The van der Waals surface area contributed by atoms with E-state index in [0.717, 1.165) is 18.8 Å². The summed E-state index contributed by atoms with van der Waals surface area (Å²) >= 11 is 2.04. The van der Waals surface area contributed by atoms with Gasteiger partial charge < -0.3 is 15.0 Å². The topological polar surface area (TPSA) is 24.5 Å². The standard InChI is InChI=1S/C24H28N2OS/c1-16-12-19(27-2)7-6-18(16)5-4-17-13-20-21-15-25-9-8-22(21)26-10-3-11-28-23(14-17)24(20)26/h4-7,12-14,21-22,25H,3,8-11,15H2,1-2H3/t21-,22-/m0/s1. The van der Waals surface area contributed by atoms with Gasteiger partial charge in [0.2, 0.25) is 0 Å². The van der Waals surface area contributed by atoms with Crippen LogP contribution in [0.25, 0.3) is 12.2 Å². The van der Waals surface area contributed by atoms with Gasteiger partial charge in [0, 0.05) is 29.9 Å². The predicted molar refractivity (Wildman–Crippen MR) is 120 cm³/mol. The lowest BCUT2D eigenvalue weighted by Crippen LogP contribution is -2.44. The third-order valence-corrected chi connectivity index (χ3v) is 7.51. The van der Waals surface area contributed by atoms with Crippen LogP contribution in [-0.2, 0) is 0 Å². The third kappa shape index (κ3) is 3.13. The minimum atomic E-state index is 0.636. The van der Waals surface area contributed by atoms with Crippen molar-refractivity contribution in [1.29, 1.82) is 0 Å². The normalized spacial score (nSPS) is 23.4. The molecular weight excluding hydrogens is 364 g/mol. The molecule has 3 aliphatic rings. The molecule has 2 atom stereocenters. The van der Waals surface area contributed by atoms with Crippen LogP contribution < -0.4 is 15.0 Å². The molecule has 28 heavy (non-hydrogen) atoms. The lowest BCUT2D eigenvalue weighted by Gasteiger charge is -2.33. The van der Waals surface area contributed by atoms with Gasteiger partial charge >= 0.3 is 0 Å². The average molecular weight is 393 g/mol. The molecule has 0 aromatic heterocycles. The van der Waals surface area contributed by atoms with Crippen molar-refractivity contribution >= 4 is 29.6 Å². The molecule has 0 unspecified atom stereocenters. The van der Waals surface area contributed by atoms with E-state index >= 15 is 0 Å². The van der Waals surface area contributed by atoms with Gasteiger partial charge in [0.05, 0.1) is 12.8 Å². The summed E-state index contributed by atoms with van der Waals surface area (Å²) in [6, 6.07) is 11.8. The molecule has 3 heterocycles. The molecule has 1 saturated heterocycles. The van der Waals surface area contributed by atoms with E-state index in [0.29, 0.717) is 12.0 Å². The van der Waals surface area contributed by atoms with Gasteiger partial charge in [-0.05, 0) is 78.6 Å². The minimum absolute atomic E-state index is 0.636. The molecule has 0 spiro atoms. The van der Waals surface area contributed by atoms with E-state index in [1.807, 2.05) is 17.8 Å². The van der Waals surface area contributed by atoms with Crippen LogP contribution in [0.3, 0.4) is 0 Å². The Bertz CT molecular complexity index is 923. The molecule has 0 amide bonds. The van der Waals surface area contributed by atoms with Crippen LogP contribution in [-0.4, -0.2) is 38.5 Å². The van der Waals surface area contributed by atoms with Crippen LogP contribution in [0.2, 0.25) is 0 Å². The van der Waals surface area contributed by atoms with Crippen LogP contribution >= 0.6 is 11.8 Å². The molecule has 0 bridgehead atoms. The number of nitrogens with one attached hydrogen (secondary N) is 1. The zero-order valence-electron chi connectivity index (χ0n) is 16.7. The van der Waals surface area contributed by atoms with Crippen molar-refractivity contribution < 1.29 is 4.74 Å². The maximum atomic E-state index is 5.33. The van der Waals surface area contributed by atoms with Crippen LogP contribution in [0.15, 0.2) is 35.2 Å². The Morgan fingerprint density at radius 3 is 3.00 bits per heavy atom. The van der Waals surface area contributed by atoms with Crippen molar-refractivity contribution in [3.63, 3.8) is 0 Å². The average Bonchev–Trinajstić information content (AvgIpc) is 2.88. The Labute approximate surface area is 172 Å². The lowest BCUT2D eigenvalue weighted by atomic mass is 9.89. The zero-order valence-corrected chi connectivity index (χ0v) is 17.5. The fourth-order valence-corrected chi connectivity index (χ4v) is 6.08. The van der Waals surface area contributed by atoms with Gasteiger partial charge in [0.25, 0.3) is 0 Å². The number of rotatable bonds is 3. The Morgan fingerprint density at radius 1 is 1.21 bits per heavy atom. The maximum absolute atomic E-state index is 5.33. The Balaban J connectivity index is 1.52. The Kier molecular flexibility index (Phi) is 4.85. The van der Waals surface area contributed by atoms with Crippen molar-refractivity contribution in [1.82, 2.24) is 5.32 Å². The molecule has 0 aliphatic carbocycles. The van der Waals surface area contributed by atoms with Gasteiger partial charge in [-0.15, -0.1) is 11.8 Å². The fraction of sp³-hybridized carbons (Fsp3) is 0.417. The highest BCUT2D eigenvalue weighted by atomic mass is 32.2. The number of thioether (sulfide) groups is 1. The second-order valence-electron chi connectivity index (χ2n) is 8.07. The summed E-state index contributed by atoms with van der Waals surface area (Å²) in [7, 11) is 1.72. The number of hydrogen-bond donors (Lipinski definition) is 1. The van der Waals surface area contributed by atoms with Crippen LogP contribution in [0.1, 0.15) is 41.0 Å². The first-order valence-electron chi connectivity index (χ1n) is 10.4. The number of hydrogen-bond acceptors (Lipinski definition) is 4. The van der Waals surface area contributed by atoms with E-state index in [9.17, 15) is 0 Å². The Morgan fingerprint density at radius 2 is 2.14 bits per heavy atom. The van der Waals surface area contributed by atoms with Gasteiger partial charge in [-0.1, -0.05) is 18.2 Å². The summed E-state index contributed by atoms with van der Waals surface area (Å²) in [6.45, 7) is 5.62. The second-order valence-corrected chi connectivity index (χ2v) is 9.21. The molecule has 3 aliphatic heterocycles. The van der Waals surface area contributed by atoms with Crippen molar-refractivity contribution in [2.75, 3.05) is 37.4 Å². The van der Waals surface area contributed by atoms with E-state index in [1.54, 1.807) is 18.4 Å². The van der Waals surface area contributed by atoms with Crippen molar-refractivity contribution in [2.24, 2.45) is 0 Å². The van der Waals surface area contributed by atoms with Crippen LogP contribution in [0.5, 0.6) is 5.75 Å². The second kappa shape index (κ2) is 7.49. The number of anilines is 1. The number of nitrogens with zero attached hydrogens (tertiary/aromatic N) is 1. The molecule has 1 fully saturated rings. The quantitative estimate of drug-likeness (QED) is 0.748. The molecular formula is C24H28N2OS. The highest BCUT2D eigenvalue weighted by Gasteiger charge is 2.41. The van der Waals surface area contributed by atoms with Gasteiger partial charge in [0.1, 0.15) is 5.75 Å². The number of benzene rings is 2. The van der Waals surface area contributed by atoms with E-state index < -0.39 is 0 Å². The largest absolute Gasteiger partial charge is 0.497 e. The Hall–Kier alpha value is -1.91. The van der Waals surface area contributed by atoms with Gasteiger partial charge in [0.15, 0.2) is 0 Å². The number of methoxy groups -OCH3 is 1. The minimum Gasteiger partial charge on any atom is -0.497 e. The summed E-state index contributed by atoms with van der Waals surface area (Å²) in [5.74, 6) is 2.78. The molecule has 2 aromatic carbocycles.